The van der Waals surface area contributed by atoms with Crippen LogP contribution >= 0.6 is 0 Å². The second-order valence-corrected chi connectivity index (χ2v) is 5.67. The van der Waals surface area contributed by atoms with Gasteiger partial charge in [-0.15, -0.1) is 0 Å². The molecule has 0 aromatic heterocycles. The van der Waals surface area contributed by atoms with E-state index in [1.54, 1.807) is 0 Å². The summed E-state index contributed by atoms with van der Waals surface area (Å²) in [4.78, 5) is 0. The van der Waals surface area contributed by atoms with Crippen molar-refractivity contribution in [2.45, 2.75) is 51.9 Å². The third-order valence-electron chi connectivity index (χ3n) is 3.87. The lowest BCUT2D eigenvalue weighted by Gasteiger charge is -2.22. The topological polar surface area (TPSA) is 12.0 Å². The lowest BCUT2D eigenvalue weighted by molar-refractivity contribution is 0.373. The zero-order valence-electron chi connectivity index (χ0n) is 11.2. The van der Waals surface area contributed by atoms with Crippen LogP contribution in [-0.4, -0.2) is 6.54 Å². The molecule has 1 aliphatic carbocycles. The van der Waals surface area contributed by atoms with Crippen LogP contribution in [0.25, 0.3) is 0 Å². The van der Waals surface area contributed by atoms with Gasteiger partial charge in [-0.05, 0) is 42.4 Å². The molecule has 0 atom stereocenters. The molecular formula is C16H25N. The van der Waals surface area contributed by atoms with Gasteiger partial charge in [0.25, 0.3) is 0 Å². The van der Waals surface area contributed by atoms with E-state index in [4.69, 9.17) is 0 Å². The molecule has 1 aromatic rings. The number of anilines is 1. The Morgan fingerprint density at radius 3 is 2.65 bits per heavy atom. The zero-order valence-corrected chi connectivity index (χ0v) is 11.2. The smallest absolute Gasteiger partial charge is 0.0343 e. The maximum Gasteiger partial charge on any atom is 0.0343 e. The lowest BCUT2D eigenvalue weighted by Crippen LogP contribution is -2.17. The Kier molecular flexibility index (Phi) is 4.47. The van der Waals surface area contributed by atoms with Crippen LogP contribution in [0.1, 0.15) is 57.4 Å². The minimum atomic E-state index is 0.617. The minimum absolute atomic E-state index is 0.617. The Labute approximate surface area is 106 Å². The summed E-state index contributed by atoms with van der Waals surface area (Å²) in [7, 11) is 0. The molecule has 1 heteroatoms. The van der Waals surface area contributed by atoms with Crippen molar-refractivity contribution in [2.24, 2.45) is 5.92 Å². The van der Waals surface area contributed by atoms with Gasteiger partial charge in [-0.25, -0.2) is 0 Å². The monoisotopic (exact) mass is 231 g/mol. The first-order valence-corrected chi connectivity index (χ1v) is 7.09. The molecule has 0 aliphatic heterocycles. The third-order valence-corrected chi connectivity index (χ3v) is 3.87. The highest BCUT2D eigenvalue weighted by Gasteiger charge is 2.12. The maximum atomic E-state index is 3.61. The predicted octanol–water partition coefficient (Wildman–Crippen LogP) is 4.80. The highest BCUT2D eigenvalue weighted by atomic mass is 14.9. The van der Waals surface area contributed by atoms with Gasteiger partial charge in [-0.1, -0.05) is 45.2 Å². The van der Waals surface area contributed by atoms with Gasteiger partial charge >= 0.3 is 0 Å². The summed E-state index contributed by atoms with van der Waals surface area (Å²) in [5.41, 5.74) is 2.72. The Bertz CT molecular complexity index is 337. The van der Waals surface area contributed by atoms with E-state index in [0.29, 0.717) is 5.92 Å². The Morgan fingerprint density at radius 2 is 1.94 bits per heavy atom. The minimum Gasteiger partial charge on any atom is -0.385 e. The molecule has 2 rings (SSSR count). The van der Waals surface area contributed by atoms with E-state index >= 15 is 0 Å². The van der Waals surface area contributed by atoms with E-state index in [2.05, 4.69) is 43.4 Å². The van der Waals surface area contributed by atoms with Crippen molar-refractivity contribution in [1.82, 2.24) is 0 Å². The summed E-state index contributed by atoms with van der Waals surface area (Å²) < 4.78 is 0. The van der Waals surface area contributed by atoms with Crippen LogP contribution in [0.15, 0.2) is 24.3 Å². The number of hydrogen-bond donors (Lipinski definition) is 1. The zero-order chi connectivity index (χ0) is 12.1. The summed E-state index contributed by atoms with van der Waals surface area (Å²) in [6, 6.07) is 8.87. The molecule has 1 aliphatic rings. The van der Waals surface area contributed by atoms with Gasteiger partial charge < -0.3 is 5.32 Å². The molecule has 0 bridgehead atoms. The van der Waals surface area contributed by atoms with E-state index in [-0.39, 0.29) is 0 Å². The van der Waals surface area contributed by atoms with Crippen molar-refractivity contribution >= 4 is 5.69 Å². The number of benzene rings is 1. The summed E-state index contributed by atoms with van der Waals surface area (Å²) in [6.07, 6.45) is 7.13. The van der Waals surface area contributed by atoms with E-state index in [9.17, 15) is 0 Å². The molecule has 1 N–H and O–H groups in total. The van der Waals surface area contributed by atoms with Gasteiger partial charge in [0.05, 0.1) is 0 Å². The fraction of sp³-hybridized carbons (Fsp3) is 0.625. The average molecular weight is 231 g/mol. The van der Waals surface area contributed by atoms with Gasteiger partial charge in [0.15, 0.2) is 0 Å². The summed E-state index contributed by atoms with van der Waals surface area (Å²) in [5, 5.41) is 3.61. The van der Waals surface area contributed by atoms with E-state index in [1.165, 1.54) is 43.4 Å². The third kappa shape index (κ3) is 3.76. The van der Waals surface area contributed by atoms with Crippen LogP contribution in [0, 0.1) is 5.92 Å². The SMILES string of the molecule is CC(C)c1cccc(NCC2CCCCC2)c1. The highest BCUT2D eigenvalue weighted by molar-refractivity contribution is 5.46. The van der Waals surface area contributed by atoms with Crippen LogP contribution in [0.2, 0.25) is 0 Å². The molecule has 1 nitrogen and oxygen atoms in total. The van der Waals surface area contributed by atoms with Crippen molar-refractivity contribution in [3.05, 3.63) is 29.8 Å². The van der Waals surface area contributed by atoms with Crippen molar-refractivity contribution in [3.8, 4) is 0 Å². The van der Waals surface area contributed by atoms with Gasteiger partial charge in [0.1, 0.15) is 0 Å². The molecular weight excluding hydrogens is 206 g/mol. The second-order valence-electron chi connectivity index (χ2n) is 5.67. The van der Waals surface area contributed by atoms with Crippen LogP contribution in [0.4, 0.5) is 5.69 Å². The van der Waals surface area contributed by atoms with Gasteiger partial charge in [0, 0.05) is 12.2 Å². The molecule has 94 valence electrons. The molecule has 0 heterocycles. The predicted molar refractivity (Wildman–Crippen MR) is 75.6 cm³/mol. The van der Waals surface area contributed by atoms with Crippen LogP contribution in [0.3, 0.4) is 0 Å². The number of rotatable bonds is 4. The molecule has 17 heavy (non-hydrogen) atoms. The molecule has 0 spiro atoms. The Hall–Kier alpha value is -0.980. The normalized spacial score (nSPS) is 17.4. The van der Waals surface area contributed by atoms with Crippen LogP contribution in [-0.2, 0) is 0 Å². The van der Waals surface area contributed by atoms with E-state index in [1.807, 2.05) is 0 Å². The Balaban J connectivity index is 1.87. The lowest BCUT2D eigenvalue weighted by atomic mass is 9.89. The average Bonchev–Trinajstić information content (AvgIpc) is 2.38. The molecule has 0 saturated heterocycles. The quantitative estimate of drug-likeness (QED) is 0.784. The van der Waals surface area contributed by atoms with E-state index in [0.717, 1.165) is 12.5 Å². The van der Waals surface area contributed by atoms with Crippen LogP contribution in [0.5, 0.6) is 0 Å². The summed E-state index contributed by atoms with van der Waals surface area (Å²) in [5.74, 6) is 1.51. The van der Waals surface area contributed by atoms with Crippen molar-refractivity contribution in [3.63, 3.8) is 0 Å². The van der Waals surface area contributed by atoms with Crippen LogP contribution < -0.4 is 5.32 Å². The van der Waals surface area contributed by atoms with Crippen molar-refractivity contribution in [2.75, 3.05) is 11.9 Å². The molecule has 0 amide bonds. The maximum absolute atomic E-state index is 3.61. The standard InChI is InChI=1S/C16H25N/c1-13(2)15-9-6-10-16(11-15)17-12-14-7-4-3-5-8-14/h6,9-11,13-14,17H,3-5,7-8,12H2,1-2H3. The molecule has 0 unspecified atom stereocenters. The fourth-order valence-corrected chi connectivity index (χ4v) is 2.66. The van der Waals surface area contributed by atoms with Crippen molar-refractivity contribution in [1.29, 1.82) is 0 Å². The van der Waals surface area contributed by atoms with Gasteiger partial charge in [0.2, 0.25) is 0 Å². The second kappa shape index (κ2) is 6.09. The van der Waals surface area contributed by atoms with Crippen molar-refractivity contribution < 1.29 is 0 Å². The molecule has 1 saturated carbocycles. The number of nitrogens with one attached hydrogen (secondary N) is 1. The fourth-order valence-electron chi connectivity index (χ4n) is 2.66. The highest BCUT2D eigenvalue weighted by Crippen LogP contribution is 2.24. The number of hydrogen-bond acceptors (Lipinski definition) is 1. The molecule has 1 aromatic carbocycles. The Morgan fingerprint density at radius 1 is 1.18 bits per heavy atom. The summed E-state index contributed by atoms with van der Waals surface area (Å²) >= 11 is 0. The molecule has 0 radical (unpaired) electrons. The van der Waals surface area contributed by atoms with Gasteiger partial charge in [-0.3, -0.25) is 0 Å². The largest absolute Gasteiger partial charge is 0.385 e. The first-order valence-electron chi connectivity index (χ1n) is 7.09. The molecule has 1 fully saturated rings. The first-order chi connectivity index (χ1) is 8.25. The summed E-state index contributed by atoms with van der Waals surface area (Å²) in [6.45, 7) is 5.65. The van der Waals surface area contributed by atoms with E-state index < -0.39 is 0 Å². The first kappa shape index (κ1) is 12.5. The van der Waals surface area contributed by atoms with Gasteiger partial charge in [-0.2, -0.15) is 0 Å².